The van der Waals surface area contributed by atoms with E-state index in [1.807, 2.05) is 6.07 Å². The highest BCUT2D eigenvalue weighted by atomic mass is 32.1. The Morgan fingerprint density at radius 2 is 2.11 bits per heavy atom. The Bertz CT molecular complexity index is 916. The summed E-state index contributed by atoms with van der Waals surface area (Å²) >= 11 is 1.71. The van der Waals surface area contributed by atoms with Crippen molar-refractivity contribution >= 4 is 22.9 Å². The minimum absolute atomic E-state index is 0.0124. The number of hydrogen-bond donors (Lipinski definition) is 0. The van der Waals surface area contributed by atoms with Crippen molar-refractivity contribution in [1.29, 1.82) is 0 Å². The topological polar surface area (TPSA) is 36.7 Å². The van der Waals surface area contributed by atoms with Gasteiger partial charge in [-0.15, -0.1) is 0 Å². The molecule has 3 heterocycles. The minimum Gasteiger partial charge on any atom is -0.459 e. The molecule has 4 rings (SSSR count). The third-order valence-electron chi connectivity index (χ3n) is 5.29. The average Bonchev–Trinajstić information content (AvgIpc) is 3.40. The number of benzene rings is 1. The number of hydrogen-bond acceptors (Lipinski definition) is 4. The fourth-order valence-corrected chi connectivity index (χ4v) is 4.38. The van der Waals surface area contributed by atoms with Gasteiger partial charge in [0.15, 0.2) is 5.76 Å². The molecule has 0 unspecified atom stereocenters. The lowest BCUT2D eigenvalue weighted by molar-refractivity contribution is 0.0931. The van der Waals surface area contributed by atoms with E-state index in [0.717, 1.165) is 32.5 Å². The number of amides is 1. The summed E-state index contributed by atoms with van der Waals surface area (Å²) in [5, 5.41) is 4.27. The van der Waals surface area contributed by atoms with Gasteiger partial charge in [-0.2, -0.15) is 11.3 Å². The molecular weight excluding hydrogens is 375 g/mol. The lowest BCUT2D eigenvalue weighted by atomic mass is 10.0. The third-order valence-corrected chi connectivity index (χ3v) is 6.02. The van der Waals surface area contributed by atoms with Gasteiger partial charge in [0.05, 0.1) is 6.26 Å². The molecule has 0 saturated carbocycles. The molecule has 3 aromatic rings. The standard InChI is InChI=1S/C22H23FN2O2S/c1-16-4-5-19(13-20(16)23)25(22(26)21-3-2-11-27-21)18-6-9-24(10-7-18)14-17-8-12-28-15-17/h2-5,8,11-13,15,18H,6-7,9-10,14H2,1H3. The van der Waals surface area contributed by atoms with Crippen LogP contribution in [0.2, 0.25) is 0 Å². The van der Waals surface area contributed by atoms with E-state index in [0.29, 0.717) is 11.3 Å². The van der Waals surface area contributed by atoms with Gasteiger partial charge >= 0.3 is 0 Å². The van der Waals surface area contributed by atoms with Crippen molar-refractivity contribution in [2.75, 3.05) is 18.0 Å². The number of thiophene rings is 1. The van der Waals surface area contributed by atoms with Crippen LogP contribution in [0.3, 0.4) is 0 Å². The summed E-state index contributed by atoms with van der Waals surface area (Å²) in [4.78, 5) is 17.3. The Kier molecular flexibility index (Phi) is 5.59. The first-order valence-electron chi connectivity index (χ1n) is 9.48. The molecule has 28 heavy (non-hydrogen) atoms. The number of likely N-dealkylation sites (tertiary alicyclic amines) is 1. The Labute approximate surface area is 168 Å². The molecule has 0 radical (unpaired) electrons. The van der Waals surface area contributed by atoms with Crippen molar-refractivity contribution < 1.29 is 13.6 Å². The number of aryl methyl sites for hydroxylation is 1. The van der Waals surface area contributed by atoms with E-state index < -0.39 is 0 Å². The second-order valence-corrected chi connectivity index (χ2v) is 8.00. The van der Waals surface area contributed by atoms with Gasteiger partial charge in [-0.05, 0) is 72.0 Å². The molecule has 1 saturated heterocycles. The minimum atomic E-state index is -0.301. The maximum Gasteiger partial charge on any atom is 0.294 e. The first-order chi connectivity index (χ1) is 13.6. The predicted octanol–water partition coefficient (Wildman–Crippen LogP) is 5.10. The van der Waals surface area contributed by atoms with E-state index in [2.05, 4.69) is 21.7 Å². The second kappa shape index (κ2) is 8.29. The normalized spacial score (nSPS) is 15.6. The maximum absolute atomic E-state index is 14.2. The molecule has 1 amide bonds. The molecular formula is C22H23FN2O2S. The smallest absolute Gasteiger partial charge is 0.294 e. The van der Waals surface area contributed by atoms with Crippen LogP contribution < -0.4 is 4.90 Å². The third kappa shape index (κ3) is 4.03. The molecule has 0 atom stereocenters. The highest BCUT2D eigenvalue weighted by Crippen LogP contribution is 2.28. The van der Waals surface area contributed by atoms with Crippen LogP contribution in [-0.2, 0) is 6.54 Å². The monoisotopic (exact) mass is 398 g/mol. The summed E-state index contributed by atoms with van der Waals surface area (Å²) in [7, 11) is 0. The van der Waals surface area contributed by atoms with Crippen molar-refractivity contribution in [3.05, 3.63) is 76.1 Å². The van der Waals surface area contributed by atoms with E-state index in [-0.39, 0.29) is 23.5 Å². The Morgan fingerprint density at radius 3 is 2.75 bits per heavy atom. The van der Waals surface area contributed by atoms with Gasteiger partial charge < -0.3 is 9.32 Å². The van der Waals surface area contributed by atoms with Crippen molar-refractivity contribution in [3.63, 3.8) is 0 Å². The molecule has 0 bridgehead atoms. The van der Waals surface area contributed by atoms with Crippen LogP contribution in [0.4, 0.5) is 10.1 Å². The number of furan rings is 1. The zero-order valence-corrected chi connectivity index (χ0v) is 16.6. The van der Waals surface area contributed by atoms with Gasteiger partial charge in [0, 0.05) is 31.4 Å². The zero-order valence-electron chi connectivity index (χ0n) is 15.8. The molecule has 1 aromatic carbocycles. The van der Waals surface area contributed by atoms with Crippen LogP contribution in [0.5, 0.6) is 0 Å². The number of nitrogens with zero attached hydrogens (tertiary/aromatic N) is 2. The quantitative estimate of drug-likeness (QED) is 0.600. The van der Waals surface area contributed by atoms with E-state index in [4.69, 9.17) is 4.42 Å². The lowest BCUT2D eigenvalue weighted by Crippen LogP contribution is -2.47. The number of piperidine rings is 1. The fourth-order valence-electron chi connectivity index (χ4n) is 3.72. The number of rotatable bonds is 5. The molecule has 0 aliphatic carbocycles. The molecule has 1 aliphatic rings. The number of halogens is 1. The lowest BCUT2D eigenvalue weighted by Gasteiger charge is -2.38. The summed E-state index contributed by atoms with van der Waals surface area (Å²) in [5.41, 5.74) is 2.48. The van der Waals surface area contributed by atoms with Gasteiger partial charge in [0.1, 0.15) is 5.82 Å². The van der Waals surface area contributed by atoms with Crippen molar-refractivity contribution in [3.8, 4) is 0 Å². The zero-order chi connectivity index (χ0) is 19.5. The highest BCUT2D eigenvalue weighted by Gasteiger charge is 2.31. The molecule has 0 spiro atoms. The fraction of sp³-hybridized carbons (Fsp3) is 0.318. The summed E-state index contributed by atoms with van der Waals surface area (Å²) in [6.45, 7) is 4.45. The van der Waals surface area contributed by atoms with Crippen molar-refractivity contribution in [2.24, 2.45) is 0 Å². The van der Waals surface area contributed by atoms with E-state index in [9.17, 15) is 9.18 Å². The first-order valence-corrected chi connectivity index (χ1v) is 10.4. The van der Waals surface area contributed by atoms with Crippen LogP contribution in [0.1, 0.15) is 34.5 Å². The SMILES string of the molecule is Cc1ccc(N(C(=O)c2ccco2)C2CCN(Cc3ccsc3)CC2)cc1F. The number of carbonyl (C=O) groups is 1. The average molecular weight is 399 g/mol. The largest absolute Gasteiger partial charge is 0.459 e. The van der Waals surface area contributed by atoms with Crippen LogP contribution >= 0.6 is 11.3 Å². The highest BCUT2D eigenvalue weighted by molar-refractivity contribution is 7.07. The molecule has 4 nitrogen and oxygen atoms in total. The summed E-state index contributed by atoms with van der Waals surface area (Å²) in [6.07, 6.45) is 3.17. The number of anilines is 1. The van der Waals surface area contributed by atoms with E-state index in [1.54, 1.807) is 41.4 Å². The molecule has 0 N–H and O–H groups in total. The van der Waals surface area contributed by atoms with Gasteiger partial charge in [-0.25, -0.2) is 4.39 Å². The second-order valence-electron chi connectivity index (χ2n) is 7.22. The van der Waals surface area contributed by atoms with Gasteiger partial charge in [-0.1, -0.05) is 6.07 Å². The molecule has 2 aromatic heterocycles. The molecule has 146 valence electrons. The van der Waals surface area contributed by atoms with Crippen molar-refractivity contribution in [1.82, 2.24) is 4.90 Å². The maximum atomic E-state index is 14.2. The first kappa shape index (κ1) is 18.9. The van der Waals surface area contributed by atoms with Crippen LogP contribution in [0.15, 0.2) is 57.8 Å². The number of carbonyl (C=O) groups excluding carboxylic acids is 1. The van der Waals surface area contributed by atoms with Crippen LogP contribution in [0.25, 0.3) is 0 Å². The van der Waals surface area contributed by atoms with Gasteiger partial charge in [0.2, 0.25) is 0 Å². The molecule has 1 aliphatic heterocycles. The van der Waals surface area contributed by atoms with Gasteiger partial charge in [0.25, 0.3) is 5.91 Å². The summed E-state index contributed by atoms with van der Waals surface area (Å²) in [5.74, 6) is -0.240. The Hall–Kier alpha value is -2.44. The van der Waals surface area contributed by atoms with E-state index >= 15 is 0 Å². The van der Waals surface area contributed by atoms with Crippen LogP contribution in [0, 0.1) is 12.7 Å². The molecule has 6 heteroatoms. The summed E-state index contributed by atoms with van der Waals surface area (Å²) < 4.78 is 19.6. The summed E-state index contributed by atoms with van der Waals surface area (Å²) in [6, 6.07) is 10.5. The van der Waals surface area contributed by atoms with Crippen LogP contribution in [-0.4, -0.2) is 29.9 Å². The Morgan fingerprint density at radius 1 is 1.29 bits per heavy atom. The van der Waals surface area contributed by atoms with Crippen molar-refractivity contribution in [2.45, 2.75) is 32.4 Å². The van der Waals surface area contributed by atoms with E-state index in [1.165, 1.54) is 17.9 Å². The van der Waals surface area contributed by atoms with Gasteiger partial charge in [-0.3, -0.25) is 9.69 Å². The molecule has 1 fully saturated rings. The Balaban J connectivity index is 1.54. The predicted molar refractivity (Wildman–Crippen MR) is 109 cm³/mol.